The first-order valence-electron chi connectivity index (χ1n) is 5.28. The van der Waals surface area contributed by atoms with Gasteiger partial charge in [0.1, 0.15) is 11.2 Å². The molecule has 92 valence electrons. The van der Waals surface area contributed by atoms with Gasteiger partial charge in [0.05, 0.1) is 4.47 Å². The Kier molecular flexibility index (Phi) is 4.15. The normalized spacial score (nSPS) is 12.2. The number of halogens is 3. The summed E-state index contributed by atoms with van der Waals surface area (Å²) in [6, 6.07) is 13.3. The highest BCUT2D eigenvalue weighted by Crippen LogP contribution is 2.29. The zero-order chi connectivity index (χ0) is 13.1. The molecule has 4 heteroatoms. The Morgan fingerprint density at radius 1 is 1.11 bits per heavy atom. The van der Waals surface area contributed by atoms with Crippen molar-refractivity contribution in [1.29, 1.82) is 0 Å². The number of Topliss-reactive ketones (excluding diaryl/α,β-unsaturated/α-hetero) is 1. The van der Waals surface area contributed by atoms with E-state index < -0.39 is 11.2 Å². The fraction of sp³-hybridized carbons (Fsp3) is 0.0714. The van der Waals surface area contributed by atoms with Crippen molar-refractivity contribution in [2.24, 2.45) is 0 Å². The van der Waals surface area contributed by atoms with E-state index in [1.807, 2.05) is 6.07 Å². The van der Waals surface area contributed by atoms with Crippen molar-refractivity contribution in [3.8, 4) is 0 Å². The van der Waals surface area contributed by atoms with Crippen molar-refractivity contribution < 1.29 is 9.18 Å². The molecule has 0 aliphatic rings. The van der Waals surface area contributed by atoms with Crippen molar-refractivity contribution in [2.75, 3.05) is 0 Å². The molecule has 2 aromatic rings. The third kappa shape index (κ3) is 2.62. The average Bonchev–Trinajstić information content (AvgIpc) is 2.41. The molecule has 0 bridgehead atoms. The van der Waals surface area contributed by atoms with Crippen molar-refractivity contribution in [3.05, 3.63) is 69.9 Å². The second-order valence-corrected chi connectivity index (χ2v) is 4.97. The van der Waals surface area contributed by atoms with Crippen LogP contribution < -0.4 is 0 Å². The van der Waals surface area contributed by atoms with Crippen LogP contribution in [0.3, 0.4) is 0 Å². The Morgan fingerprint density at radius 2 is 1.78 bits per heavy atom. The van der Waals surface area contributed by atoms with Crippen molar-refractivity contribution >= 4 is 33.3 Å². The molecule has 0 N–H and O–H groups in total. The van der Waals surface area contributed by atoms with Crippen molar-refractivity contribution in [3.63, 3.8) is 0 Å². The molecule has 0 heterocycles. The maximum atomic E-state index is 13.4. The lowest BCUT2D eigenvalue weighted by Crippen LogP contribution is -2.08. The minimum atomic E-state index is -0.815. The van der Waals surface area contributed by atoms with Gasteiger partial charge >= 0.3 is 0 Å². The largest absolute Gasteiger partial charge is 0.292 e. The molecule has 0 saturated heterocycles. The zero-order valence-electron chi connectivity index (χ0n) is 9.24. The summed E-state index contributed by atoms with van der Waals surface area (Å²) in [4.78, 5) is 12.2. The summed E-state index contributed by atoms with van der Waals surface area (Å²) in [5.41, 5.74) is 0.944. The third-order valence-corrected chi connectivity index (χ3v) is 3.80. The highest BCUT2D eigenvalue weighted by atomic mass is 79.9. The van der Waals surface area contributed by atoms with E-state index in [1.165, 1.54) is 12.1 Å². The van der Waals surface area contributed by atoms with Crippen LogP contribution in [0.25, 0.3) is 0 Å². The second-order valence-electron chi connectivity index (χ2n) is 3.74. The number of benzene rings is 2. The van der Waals surface area contributed by atoms with Gasteiger partial charge in [-0.1, -0.05) is 36.4 Å². The number of carbonyl (C=O) groups is 1. The van der Waals surface area contributed by atoms with Gasteiger partial charge in [-0.05, 0) is 33.6 Å². The lowest BCUT2D eigenvalue weighted by atomic mass is 10.0. The molecular weight excluding hydrogens is 319 g/mol. The van der Waals surface area contributed by atoms with Crippen LogP contribution in [0.2, 0.25) is 0 Å². The Labute approximate surface area is 118 Å². The number of hydrogen-bond acceptors (Lipinski definition) is 1. The summed E-state index contributed by atoms with van der Waals surface area (Å²) in [6.07, 6.45) is 0. The Morgan fingerprint density at radius 3 is 2.44 bits per heavy atom. The van der Waals surface area contributed by atoms with E-state index in [1.54, 1.807) is 30.3 Å². The molecule has 0 radical (unpaired) electrons. The van der Waals surface area contributed by atoms with Crippen LogP contribution in [0.4, 0.5) is 4.39 Å². The number of hydrogen-bond donors (Lipinski definition) is 0. The molecule has 0 aliphatic heterocycles. The summed E-state index contributed by atoms with van der Waals surface area (Å²) in [5, 5.41) is -0.815. The van der Waals surface area contributed by atoms with E-state index in [4.69, 9.17) is 11.6 Å². The van der Waals surface area contributed by atoms with Crippen LogP contribution in [-0.2, 0) is 0 Å². The van der Waals surface area contributed by atoms with Gasteiger partial charge in [0.25, 0.3) is 0 Å². The number of alkyl halides is 1. The first-order chi connectivity index (χ1) is 8.61. The van der Waals surface area contributed by atoms with E-state index >= 15 is 0 Å². The van der Waals surface area contributed by atoms with Crippen LogP contribution in [0.15, 0.2) is 53.0 Å². The fourth-order valence-electron chi connectivity index (χ4n) is 1.60. The van der Waals surface area contributed by atoms with Gasteiger partial charge in [-0.25, -0.2) is 4.39 Å². The Hall–Kier alpha value is -1.19. The lowest BCUT2D eigenvalue weighted by molar-refractivity contribution is 0.0986. The molecule has 1 unspecified atom stereocenters. The quantitative estimate of drug-likeness (QED) is 0.587. The Balaban J connectivity index is 2.35. The smallest absolute Gasteiger partial charge is 0.186 e. The lowest BCUT2D eigenvalue weighted by Gasteiger charge is -2.10. The van der Waals surface area contributed by atoms with Gasteiger partial charge in [0.2, 0.25) is 0 Å². The molecule has 0 aliphatic carbocycles. The predicted octanol–water partition coefficient (Wildman–Crippen LogP) is 4.75. The van der Waals surface area contributed by atoms with E-state index in [9.17, 15) is 9.18 Å². The first kappa shape index (κ1) is 13.2. The molecule has 0 spiro atoms. The molecular formula is C14H9BrClFO. The van der Waals surface area contributed by atoms with Gasteiger partial charge < -0.3 is 0 Å². The van der Waals surface area contributed by atoms with Crippen molar-refractivity contribution in [1.82, 2.24) is 0 Å². The standard InChI is InChI=1S/C14H9BrClFO/c15-12-10(7-4-8-11(12)17)14(18)13(16)9-5-2-1-3-6-9/h1-8,13H. The van der Waals surface area contributed by atoms with Gasteiger partial charge in [-0.15, -0.1) is 11.6 Å². The van der Waals surface area contributed by atoms with E-state index in [-0.39, 0.29) is 15.8 Å². The highest BCUT2D eigenvalue weighted by molar-refractivity contribution is 9.10. The number of rotatable bonds is 3. The topological polar surface area (TPSA) is 17.1 Å². The third-order valence-electron chi connectivity index (χ3n) is 2.54. The molecule has 2 aromatic carbocycles. The summed E-state index contributed by atoms with van der Waals surface area (Å²) in [5.74, 6) is -0.799. The SMILES string of the molecule is O=C(c1cccc(F)c1Br)C(Cl)c1ccccc1. The molecule has 2 rings (SSSR count). The maximum absolute atomic E-state index is 13.4. The van der Waals surface area contributed by atoms with Crippen LogP contribution in [0.1, 0.15) is 21.3 Å². The summed E-state index contributed by atoms with van der Waals surface area (Å²) in [6.45, 7) is 0. The van der Waals surface area contributed by atoms with Gasteiger partial charge in [-0.2, -0.15) is 0 Å². The second kappa shape index (κ2) is 5.63. The number of carbonyl (C=O) groups excluding carboxylic acids is 1. The molecule has 1 nitrogen and oxygen atoms in total. The summed E-state index contributed by atoms with van der Waals surface area (Å²) < 4.78 is 13.5. The van der Waals surface area contributed by atoms with E-state index in [2.05, 4.69) is 15.9 Å². The van der Waals surface area contributed by atoms with Gasteiger partial charge in [0.15, 0.2) is 5.78 Å². The van der Waals surface area contributed by atoms with Crippen LogP contribution in [0.5, 0.6) is 0 Å². The molecule has 0 aromatic heterocycles. The molecule has 0 saturated carbocycles. The molecule has 1 atom stereocenters. The van der Waals surface area contributed by atoms with Crippen LogP contribution in [-0.4, -0.2) is 5.78 Å². The monoisotopic (exact) mass is 326 g/mol. The first-order valence-corrected chi connectivity index (χ1v) is 6.51. The summed E-state index contributed by atoms with van der Waals surface area (Å²) in [7, 11) is 0. The van der Waals surface area contributed by atoms with Gasteiger partial charge in [-0.3, -0.25) is 4.79 Å². The minimum Gasteiger partial charge on any atom is -0.292 e. The summed E-state index contributed by atoms with van der Waals surface area (Å²) >= 11 is 9.19. The zero-order valence-corrected chi connectivity index (χ0v) is 11.6. The number of ketones is 1. The average molecular weight is 328 g/mol. The Bertz CT molecular complexity index is 571. The van der Waals surface area contributed by atoms with E-state index in [0.717, 1.165) is 0 Å². The van der Waals surface area contributed by atoms with Crippen LogP contribution >= 0.6 is 27.5 Å². The molecule has 18 heavy (non-hydrogen) atoms. The van der Waals surface area contributed by atoms with Crippen molar-refractivity contribution in [2.45, 2.75) is 5.38 Å². The van der Waals surface area contributed by atoms with Crippen LogP contribution in [0, 0.1) is 5.82 Å². The van der Waals surface area contributed by atoms with Gasteiger partial charge in [0, 0.05) is 5.56 Å². The van der Waals surface area contributed by atoms with E-state index in [0.29, 0.717) is 5.56 Å². The molecule has 0 amide bonds. The highest BCUT2D eigenvalue weighted by Gasteiger charge is 2.22. The predicted molar refractivity (Wildman–Crippen MR) is 73.5 cm³/mol. The fourth-order valence-corrected chi connectivity index (χ4v) is 2.33. The molecule has 0 fully saturated rings. The minimum absolute atomic E-state index is 0.150. The maximum Gasteiger partial charge on any atom is 0.186 e.